The first-order valence-electron chi connectivity index (χ1n) is 10.1. The number of hydrogen-bond acceptors (Lipinski definition) is 9. The van der Waals surface area contributed by atoms with E-state index in [4.69, 9.17) is 27.4 Å². The van der Waals surface area contributed by atoms with Crippen LogP contribution >= 0.6 is 0 Å². The highest BCUT2D eigenvalue weighted by Crippen LogP contribution is 2.06. The van der Waals surface area contributed by atoms with Crippen molar-refractivity contribution in [1.82, 2.24) is 16.0 Å². The second-order valence-electron chi connectivity index (χ2n) is 7.20. The van der Waals surface area contributed by atoms with Crippen LogP contribution in [0.4, 0.5) is 0 Å². The number of unbranched alkanes of at least 4 members (excludes halogenated alkanes) is 1. The monoisotopic (exact) mass is 476 g/mol. The summed E-state index contributed by atoms with van der Waals surface area (Å²) in [6.45, 7) is -0.439. The van der Waals surface area contributed by atoms with E-state index in [-0.39, 0.29) is 19.4 Å². The van der Waals surface area contributed by atoms with E-state index in [0.29, 0.717) is 12.8 Å². The Morgan fingerprint density at radius 1 is 0.788 bits per heavy atom. The van der Waals surface area contributed by atoms with Gasteiger partial charge in [-0.3, -0.25) is 24.0 Å². The summed E-state index contributed by atoms with van der Waals surface area (Å²) in [4.78, 5) is 70.6. The van der Waals surface area contributed by atoms with Crippen molar-refractivity contribution >= 4 is 35.6 Å². The lowest BCUT2D eigenvalue weighted by molar-refractivity contribution is -0.143. The summed E-state index contributed by atoms with van der Waals surface area (Å²) in [7, 11) is 0. The summed E-state index contributed by atoms with van der Waals surface area (Å²) < 4.78 is 0. The second-order valence-corrected chi connectivity index (χ2v) is 7.20. The molecule has 0 aromatic rings. The Labute approximate surface area is 189 Å². The average Bonchev–Trinajstić information content (AvgIpc) is 2.73. The Morgan fingerprint density at radius 2 is 1.33 bits per heavy atom. The van der Waals surface area contributed by atoms with Gasteiger partial charge in [0.05, 0.1) is 13.0 Å². The number of carboxylic acids is 2. The molecule has 0 aromatic heterocycles. The molecule has 188 valence electrons. The van der Waals surface area contributed by atoms with Gasteiger partial charge in [0, 0.05) is 6.42 Å². The van der Waals surface area contributed by atoms with Crippen molar-refractivity contribution in [2.45, 2.75) is 62.7 Å². The van der Waals surface area contributed by atoms with Gasteiger partial charge in [-0.1, -0.05) is 0 Å². The number of rotatable bonds is 17. The fraction of sp³-hybridized carbons (Fsp3) is 0.667. The summed E-state index contributed by atoms with van der Waals surface area (Å²) in [5.41, 5.74) is 15.9. The van der Waals surface area contributed by atoms with Gasteiger partial charge in [-0.25, -0.2) is 4.79 Å². The van der Waals surface area contributed by atoms with E-state index in [1.807, 2.05) is 0 Å². The van der Waals surface area contributed by atoms with Crippen molar-refractivity contribution in [3.8, 4) is 0 Å². The first-order valence-corrected chi connectivity index (χ1v) is 10.1. The Bertz CT molecular complexity index is 718. The summed E-state index contributed by atoms with van der Waals surface area (Å²) in [6, 6.07) is -5.69. The lowest BCUT2D eigenvalue weighted by Gasteiger charge is -2.24. The van der Waals surface area contributed by atoms with Crippen LogP contribution in [0.3, 0.4) is 0 Å². The van der Waals surface area contributed by atoms with E-state index in [0.717, 1.165) is 0 Å². The van der Waals surface area contributed by atoms with Crippen LogP contribution in [0.5, 0.6) is 0 Å². The minimum absolute atomic E-state index is 0.0352. The molecule has 0 fully saturated rings. The van der Waals surface area contributed by atoms with Gasteiger partial charge >= 0.3 is 11.9 Å². The molecule has 33 heavy (non-hydrogen) atoms. The maximum atomic E-state index is 12.7. The number of aliphatic hydroxyl groups excluding tert-OH is 1. The molecule has 15 heteroatoms. The molecule has 0 heterocycles. The number of carboxylic acid groups (broad SMARTS) is 2. The van der Waals surface area contributed by atoms with Crippen LogP contribution in [-0.2, 0) is 28.8 Å². The number of carbonyl (C=O) groups is 6. The Hall–Kier alpha value is -3.30. The molecular formula is C18H32N6O9. The zero-order valence-electron chi connectivity index (χ0n) is 18.0. The van der Waals surface area contributed by atoms with Gasteiger partial charge in [0.1, 0.15) is 24.2 Å². The van der Waals surface area contributed by atoms with Gasteiger partial charge < -0.3 is 48.5 Å². The van der Waals surface area contributed by atoms with Gasteiger partial charge in [-0.2, -0.15) is 0 Å². The van der Waals surface area contributed by atoms with Crippen LogP contribution in [-0.4, -0.2) is 88.2 Å². The molecule has 0 saturated carbocycles. The molecule has 0 aliphatic carbocycles. The number of aliphatic carboxylic acids is 2. The largest absolute Gasteiger partial charge is 0.481 e. The van der Waals surface area contributed by atoms with Crippen LogP contribution < -0.4 is 33.2 Å². The Balaban J connectivity index is 5.49. The summed E-state index contributed by atoms with van der Waals surface area (Å²) >= 11 is 0. The lowest BCUT2D eigenvalue weighted by Crippen LogP contribution is -2.58. The molecule has 0 radical (unpaired) electrons. The predicted octanol–water partition coefficient (Wildman–Crippen LogP) is -4.29. The molecule has 4 amide bonds. The Morgan fingerprint density at radius 3 is 1.82 bits per heavy atom. The fourth-order valence-corrected chi connectivity index (χ4v) is 2.60. The van der Waals surface area contributed by atoms with Crippen molar-refractivity contribution in [2.75, 3.05) is 13.2 Å². The molecule has 0 aromatic carbocycles. The van der Waals surface area contributed by atoms with E-state index in [1.165, 1.54) is 0 Å². The lowest BCUT2D eigenvalue weighted by atomic mass is 10.1. The third-order valence-corrected chi connectivity index (χ3v) is 4.41. The SMILES string of the molecule is NCCCC[C@H](NC(=O)[C@H](CC(N)=O)NC(=O)[C@@H](N)CO)C(=O)N[C@@H](CCC(=O)O)C(=O)O. The van der Waals surface area contributed by atoms with E-state index in [2.05, 4.69) is 16.0 Å². The third-order valence-electron chi connectivity index (χ3n) is 4.41. The van der Waals surface area contributed by atoms with Crippen LogP contribution in [0.25, 0.3) is 0 Å². The number of nitrogens with one attached hydrogen (secondary N) is 3. The molecule has 0 saturated heterocycles. The number of hydrogen-bond donors (Lipinski definition) is 9. The molecule has 0 unspecified atom stereocenters. The topological polar surface area (TPSA) is 277 Å². The molecule has 0 rings (SSSR count). The third kappa shape index (κ3) is 12.4. The summed E-state index contributed by atoms with van der Waals surface area (Å²) in [5, 5.41) is 33.6. The fourth-order valence-electron chi connectivity index (χ4n) is 2.60. The van der Waals surface area contributed by atoms with Crippen LogP contribution in [0.15, 0.2) is 0 Å². The van der Waals surface area contributed by atoms with E-state index >= 15 is 0 Å². The highest BCUT2D eigenvalue weighted by molar-refractivity contribution is 5.96. The van der Waals surface area contributed by atoms with Crippen LogP contribution in [0.2, 0.25) is 0 Å². The van der Waals surface area contributed by atoms with Gasteiger partial charge in [0.2, 0.25) is 23.6 Å². The molecule has 4 atom stereocenters. The highest BCUT2D eigenvalue weighted by atomic mass is 16.4. The maximum Gasteiger partial charge on any atom is 0.326 e. The van der Waals surface area contributed by atoms with Crippen molar-refractivity contribution in [2.24, 2.45) is 17.2 Å². The average molecular weight is 476 g/mol. The summed E-state index contributed by atoms with van der Waals surface area (Å²) in [6.07, 6.45) is -0.660. The first kappa shape index (κ1) is 29.7. The minimum atomic E-state index is -1.52. The predicted molar refractivity (Wildman–Crippen MR) is 112 cm³/mol. The number of nitrogens with two attached hydrogens (primary N) is 3. The van der Waals surface area contributed by atoms with Gasteiger partial charge in [0.15, 0.2) is 0 Å². The maximum absolute atomic E-state index is 12.7. The van der Waals surface area contributed by atoms with E-state index < -0.39 is 79.2 Å². The standard InChI is InChI=1S/C18H32N6O9/c19-6-2-1-3-10(16(30)23-11(18(32)33)4-5-14(27)28)22-17(31)12(7-13(21)26)24-15(29)9(20)8-25/h9-12,25H,1-8,19-20H2,(H2,21,26)(H,22,31)(H,23,30)(H,24,29)(H,27,28)(H,32,33)/t9-,10-,11-,12-/m0/s1. The molecule has 0 aliphatic rings. The van der Waals surface area contributed by atoms with Crippen LogP contribution in [0, 0.1) is 0 Å². The number of amides is 4. The highest BCUT2D eigenvalue weighted by Gasteiger charge is 2.31. The number of primary amides is 1. The summed E-state index contributed by atoms with van der Waals surface area (Å²) in [5.74, 6) is -6.49. The zero-order chi connectivity index (χ0) is 25.6. The van der Waals surface area contributed by atoms with E-state index in [1.54, 1.807) is 0 Å². The molecule has 0 aliphatic heterocycles. The molecule has 0 bridgehead atoms. The van der Waals surface area contributed by atoms with Crippen LogP contribution in [0.1, 0.15) is 38.5 Å². The second kappa shape index (κ2) is 15.5. The molecule has 12 N–H and O–H groups in total. The van der Waals surface area contributed by atoms with Gasteiger partial charge in [-0.15, -0.1) is 0 Å². The number of aliphatic hydroxyl groups is 1. The Kier molecular flexibility index (Phi) is 13.9. The van der Waals surface area contributed by atoms with Crippen molar-refractivity contribution in [1.29, 1.82) is 0 Å². The normalized spacial score (nSPS) is 14.3. The molecular weight excluding hydrogens is 444 g/mol. The van der Waals surface area contributed by atoms with Gasteiger partial charge in [0.25, 0.3) is 0 Å². The molecule has 0 spiro atoms. The van der Waals surface area contributed by atoms with Gasteiger partial charge in [-0.05, 0) is 32.2 Å². The van der Waals surface area contributed by atoms with Crippen molar-refractivity contribution < 1.29 is 44.1 Å². The van der Waals surface area contributed by atoms with Crippen molar-refractivity contribution in [3.63, 3.8) is 0 Å². The molecule has 15 nitrogen and oxygen atoms in total. The minimum Gasteiger partial charge on any atom is -0.481 e. The van der Waals surface area contributed by atoms with Crippen molar-refractivity contribution in [3.05, 3.63) is 0 Å². The first-order chi connectivity index (χ1) is 15.4. The quantitative estimate of drug-likeness (QED) is 0.0905. The smallest absolute Gasteiger partial charge is 0.326 e. The zero-order valence-corrected chi connectivity index (χ0v) is 18.0. The van der Waals surface area contributed by atoms with E-state index in [9.17, 15) is 33.9 Å². The number of carbonyl (C=O) groups excluding carboxylic acids is 4.